The van der Waals surface area contributed by atoms with Crippen molar-refractivity contribution in [1.29, 1.82) is 0 Å². The van der Waals surface area contributed by atoms with Crippen LogP contribution in [-0.4, -0.2) is 18.6 Å². The quantitative estimate of drug-likeness (QED) is 0.250. The van der Waals surface area contributed by atoms with Gasteiger partial charge in [0.25, 0.3) is 0 Å². The first-order valence-electron chi connectivity index (χ1n) is 9.63. The fraction of sp³-hybridized carbons (Fsp3) is 0.160. The first-order valence-corrected chi connectivity index (χ1v) is 9.63. The molecule has 1 aromatic heterocycles. The van der Waals surface area contributed by atoms with Crippen LogP contribution < -0.4 is 5.32 Å². The van der Waals surface area contributed by atoms with Gasteiger partial charge in [0.05, 0.1) is 11.0 Å². The van der Waals surface area contributed by atoms with E-state index in [1.807, 2.05) is 7.05 Å². The van der Waals surface area contributed by atoms with E-state index in [0.29, 0.717) is 0 Å². The van der Waals surface area contributed by atoms with Crippen molar-refractivity contribution in [2.24, 2.45) is 0 Å². The number of nitrogens with one attached hydrogen (secondary N) is 1. The molecule has 27 heavy (non-hydrogen) atoms. The SMILES string of the molecule is CNCCCc1c2ccc3ccccc3c2nc2c1ccc1ccccc12. The Morgan fingerprint density at radius 2 is 1.22 bits per heavy atom. The highest BCUT2D eigenvalue weighted by Gasteiger charge is 2.13. The molecule has 0 aliphatic heterocycles. The average molecular weight is 350 g/mol. The zero-order valence-electron chi connectivity index (χ0n) is 15.5. The summed E-state index contributed by atoms with van der Waals surface area (Å²) < 4.78 is 0. The van der Waals surface area contributed by atoms with Crippen LogP contribution in [0.15, 0.2) is 72.8 Å². The van der Waals surface area contributed by atoms with Gasteiger partial charge in [-0.3, -0.25) is 0 Å². The molecule has 0 fully saturated rings. The topological polar surface area (TPSA) is 24.9 Å². The molecule has 132 valence electrons. The number of hydrogen-bond acceptors (Lipinski definition) is 2. The van der Waals surface area contributed by atoms with Crippen molar-refractivity contribution >= 4 is 43.4 Å². The summed E-state index contributed by atoms with van der Waals surface area (Å²) in [5, 5.41) is 10.8. The molecule has 0 spiro atoms. The largest absolute Gasteiger partial charge is 0.320 e. The minimum atomic E-state index is 1.02. The lowest BCUT2D eigenvalue weighted by atomic mass is 9.94. The number of aryl methyl sites for hydroxylation is 1. The maximum absolute atomic E-state index is 5.21. The summed E-state index contributed by atoms with van der Waals surface area (Å²) in [4.78, 5) is 5.21. The average Bonchev–Trinajstić information content (AvgIpc) is 2.73. The van der Waals surface area contributed by atoms with Crippen LogP contribution in [0.4, 0.5) is 0 Å². The molecule has 0 radical (unpaired) electrons. The lowest BCUT2D eigenvalue weighted by molar-refractivity contribution is 0.728. The molecular formula is C25H22N2. The Morgan fingerprint density at radius 1 is 0.667 bits per heavy atom. The maximum atomic E-state index is 5.21. The van der Waals surface area contributed by atoms with Crippen molar-refractivity contribution in [3.8, 4) is 0 Å². The number of nitrogens with zero attached hydrogens (tertiary/aromatic N) is 1. The van der Waals surface area contributed by atoms with Crippen LogP contribution in [-0.2, 0) is 6.42 Å². The molecular weight excluding hydrogens is 328 g/mol. The molecule has 0 unspecified atom stereocenters. The summed E-state index contributed by atoms with van der Waals surface area (Å²) in [6.07, 6.45) is 2.16. The van der Waals surface area contributed by atoms with Crippen LogP contribution in [0.2, 0.25) is 0 Å². The van der Waals surface area contributed by atoms with E-state index in [-0.39, 0.29) is 0 Å². The second kappa shape index (κ2) is 6.64. The number of fused-ring (bicyclic) bond motifs is 6. The Morgan fingerprint density at radius 3 is 1.78 bits per heavy atom. The third-order valence-corrected chi connectivity index (χ3v) is 5.53. The summed E-state index contributed by atoms with van der Waals surface area (Å²) in [5.74, 6) is 0. The van der Waals surface area contributed by atoms with Crippen molar-refractivity contribution in [3.63, 3.8) is 0 Å². The van der Waals surface area contributed by atoms with Gasteiger partial charge >= 0.3 is 0 Å². The van der Waals surface area contributed by atoms with E-state index >= 15 is 0 Å². The van der Waals surface area contributed by atoms with E-state index in [4.69, 9.17) is 4.98 Å². The highest BCUT2D eigenvalue weighted by Crippen LogP contribution is 2.34. The monoisotopic (exact) mass is 350 g/mol. The van der Waals surface area contributed by atoms with E-state index in [0.717, 1.165) is 30.4 Å². The van der Waals surface area contributed by atoms with Gasteiger partial charge in [0, 0.05) is 21.5 Å². The van der Waals surface area contributed by atoms with E-state index in [9.17, 15) is 0 Å². The predicted molar refractivity (Wildman–Crippen MR) is 117 cm³/mol. The fourth-order valence-corrected chi connectivity index (χ4v) is 4.21. The molecule has 0 bridgehead atoms. The summed E-state index contributed by atoms with van der Waals surface area (Å²) in [6, 6.07) is 26.1. The van der Waals surface area contributed by atoms with E-state index in [2.05, 4.69) is 78.1 Å². The Bertz CT molecular complexity index is 1190. The number of benzene rings is 4. The minimum absolute atomic E-state index is 1.02. The van der Waals surface area contributed by atoms with Crippen LogP contribution in [0, 0.1) is 0 Å². The summed E-state index contributed by atoms with van der Waals surface area (Å²) in [5.41, 5.74) is 3.66. The molecule has 2 nitrogen and oxygen atoms in total. The number of rotatable bonds is 4. The summed E-state index contributed by atoms with van der Waals surface area (Å²) in [7, 11) is 2.02. The molecule has 0 aliphatic carbocycles. The van der Waals surface area contributed by atoms with Crippen LogP contribution in [0.3, 0.4) is 0 Å². The molecule has 4 aromatic carbocycles. The molecule has 0 aliphatic rings. The number of aromatic nitrogens is 1. The van der Waals surface area contributed by atoms with Gasteiger partial charge in [0.1, 0.15) is 0 Å². The molecule has 1 heterocycles. The van der Waals surface area contributed by atoms with Crippen LogP contribution >= 0.6 is 0 Å². The Labute approximate surface area is 158 Å². The highest BCUT2D eigenvalue weighted by atomic mass is 14.8. The molecule has 5 aromatic rings. The van der Waals surface area contributed by atoms with Crippen molar-refractivity contribution in [1.82, 2.24) is 10.3 Å². The van der Waals surface area contributed by atoms with Gasteiger partial charge in [-0.05, 0) is 42.8 Å². The van der Waals surface area contributed by atoms with Crippen LogP contribution in [0.25, 0.3) is 43.4 Å². The van der Waals surface area contributed by atoms with Gasteiger partial charge in [-0.1, -0.05) is 72.8 Å². The minimum Gasteiger partial charge on any atom is -0.320 e. The molecule has 0 saturated carbocycles. The standard InChI is InChI=1S/C25H22N2/c1-26-16-6-11-21-22-14-12-17-7-2-4-9-19(17)24(22)27-25-20-10-5-3-8-18(20)13-15-23(21)25/h2-5,7-10,12-15,26H,6,11,16H2,1H3. The van der Waals surface area contributed by atoms with Gasteiger partial charge in [0.2, 0.25) is 0 Å². The lowest BCUT2D eigenvalue weighted by Crippen LogP contribution is -2.08. The zero-order chi connectivity index (χ0) is 18.2. The molecule has 5 rings (SSSR count). The molecule has 0 amide bonds. The van der Waals surface area contributed by atoms with Crippen molar-refractivity contribution in [2.75, 3.05) is 13.6 Å². The third-order valence-electron chi connectivity index (χ3n) is 5.53. The Kier molecular flexibility index (Phi) is 3.99. The lowest BCUT2D eigenvalue weighted by Gasteiger charge is -2.14. The van der Waals surface area contributed by atoms with E-state index in [1.54, 1.807) is 0 Å². The first-order chi connectivity index (χ1) is 13.4. The van der Waals surface area contributed by atoms with Gasteiger partial charge in [-0.2, -0.15) is 0 Å². The maximum Gasteiger partial charge on any atom is 0.0791 e. The van der Waals surface area contributed by atoms with Gasteiger partial charge < -0.3 is 5.32 Å². The molecule has 1 N–H and O–H groups in total. The van der Waals surface area contributed by atoms with E-state index in [1.165, 1.54) is 37.9 Å². The Balaban J connectivity index is 1.93. The van der Waals surface area contributed by atoms with Gasteiger partial charge in [0.15, 0.2) is 0 Å². The van der Waals surface area contributed by atoms with Crippen molar-refractivity contribution in [2.45, 2.75) is 12.8 Å². The van der Waals surface area contributed by atoms with E-state index < -0.39 is 0 Å². The molecule has 2 heteroatoms. The number of pyridine rings is 1. The van der Waals surface area contributed by atoms with Crippen molar-refractivity contribution in [3.05, 3.63) is 78.4 Å². The smallest absolute Gasteiger partial charge is 0.0791 e. The fourth-order valence-electron chi connectivity index (χ4n) is 4.21. The highest BCUT2D eigenvalue weighted by molar-refractivity contribution is 6.15. The number of hydrogen-bond donors (Lipinski definition) is 1. The van der Waals surface area contributed by atoms with Crippen LogP contribution in [0.1, 0.15) is 12.0 Å². The van der Waals surface area contributed by atoms with Gasteiger partial charge in [-0.15, -0.1) is 0 Å². The van der Waals surface area contributed by atoms with Crippen LogP contribution in [0.5, 0.6) is 0 Å². The zero-order valence-corrected chi connectivity index (χ0v) is 15.5. The Hall–Kier alpha value is -2.97. The molecule has 0 atom stereocenters. The molecule has 0 saturated heterocycles. The third kappa shape index (κ3) is 2.65. The first kappa shape index (κ1) is 16.2. The second-order valence-corrected chi connectivity index (χ2v) is 7.16. The summed E-state index contributed by atoms with van der Waals surface area (Å²) >= 11 is 0. The predicted octanol–water partition coefficient (Wildman–Crippen LogP) is 5.85. The van der Waals surface area contributed by atoms with Gasteiger partial charge in [-0.25, -0.2) is 4.98 Å². The summed E-state index contributed by atoms with van der Waals surface area (Å²) in [6.45, 7) is 1.02. The normalized spacial score (nSPS) is 11.7. The van der Waals surface area contributed by atoms with Crippen molar-refractivity contribution < 1.29 is 0 Å². The second-order valence-electron chi connectivity index (χ2n) is 7.16.